The Kier molecular flexibility index (Phi) is 4.71. The summed E-state index contributed by atoms with van der Waals surface area (Å²) in [6, 6.07) is 9.23. The summed E-state index contributed by atoms with van der Waals surface area (Å²) in [5.74, 6) is 0. The van der Waals surface area contributed by atoms with Crippen molar-refractivity contribution >= 4 is 16.2 Å². The Morgan fingerprint density at radius 2 is 1.94 bits per heavy atom. The molecule has 1 unspecified atom stereocenters. The van der Waals surface area contributed by atoms with Crippen LogP contribution in [0.4, 0.5) is 0 Å². The Hall–Kier alpha value is -1.13. The smallest absolute Gasteiger partial charge is 0.264 e. The van der Waals surface area contributed by atoms with Crippen LogP contribution < -0.4 is 0 Å². The lowest BCUT2D eigenvalue weighted by Gasteiger charge is -2.07. The summed E-state index contributed by atoms with van der Waals surface area (Å²) in [4.78, 5) is 0. The third-order valence-electron chi connectivity index (χ3n) is 2.10. The van der Waals surface area contributed by atoms with Crippen molar-refractivity contribution in [1.29, 1.82) is 0 Å². The molecule has 0 radical (unpaired) electrons. The minimum atomic E-state index is -3.57. The van der Waals surface area contributed by atoms with E-state index in [1.165, 1.54) is 6.08 Å². The average molecular weight is 240 g/mol. The second-order valence-corrected chi connectivity index (χ2v) is 4.97. The maximum Gasteiger partial charge on any atom is 0.290 e. The van der Waals surface area contributed by atoms with Gasteiger partial charge in [0.2, 0.25) is 0 Å². The number of benzene rings is 1. The predicted octanol–water partition coefficient (Wildman–Crippen LogP) is 2.80. The Labute approximate surface area is 96.9 Å². The Morgan fingerprint density at radius 1 is 1.31 bits per heavy atom. The van der Waals surface area contributed by atoms with E-state index in [1.54, 1.807) is 6.92 Å². The van der Waals surface area contributed by atoms with E-state index in [0.717, 1.165) is 11.0 Å². The molecule has 4 heteroatoms. The molecule has 0 amide bonds. The highest BCUT2D eigenvalue weighted by molar-refractivity contribution is 7.89. The zero-order valence-electron chi connectivity index (χ0n) is 9.46. The van der Waals surface area contributed by atoms with E-state index in [0.29, 0.717) is 6.42 Å². The second kappa shape index (κ2) is 5.82. The van der Waals surface area contributed by atoms with Crippen molar-refractivity contribution in [2.45, 2.75) is 26.4 Å². The summed E-state index contributed by atoms with van der Waals surface area (Å²) in [7, 11) is -3.57. The highest BCUT2D eigenvalue weighted by Crippen LogP contribution is 2.08. The normalized spacial score (nSPS) is 14.1. The zero-order chi connectivity index (χ0) is 12.0. The monoisotopic (exact) mass is 240 g/mol. The fourth-order valence-electron chi connectivity index (χ4n) is 1.06. The summed E-state index contributed by atoms with van der Waals surface area (Å²) in [6.45, 7) is 3.61. The van der Waals surface area contributed by atoms with Crippen molar-refractivity contribution in [2.75, 3.05) is 0 Å². The molecule has 88 valence electrons. The lowest BCUT2D eigenvalue weighted by molar-refractivity contribution is 0.229. The molecule has 1 aromatic rings. The fourth-order valence-corrected chi connectivity index (χ4v) is 2.04. The topological polar surface area (TPSA) is 43.4 Å². The third-order valence-corrected chi connectivity index (χ3v) is 3.17. The SMILES string of the molecule is CCC(C)OS(=O)(=O)C=Cc1ccccc1. The van der Waals surface area contributed by atoms with Crippen LogP contribution in [-0.4, -0.2) is 14.5 Å². The minimum absolute atomic E-state index is 0.287. The first-order chi connectivity index (χ1) is 7.53. The van der Waals surface area contributed by atoms with Crippen LogP contribution in [-0.2, 0) is 14.3 Å². The van der Waals surface area contributed by atoms with E-state index in [-0.39, 0.29) is 6.10 Å². The lowest BCUT2D eigenvalue weighted by atomic mass is 10.2. The Balaban J connectivity index is 2.70. The van der Waals surface area contributed by atoms with Crippen molar-refractivity contribution in [3.8, 4) is 0 Å². The number of hydrogen-bond acceptors (Lipinski definition) is 3. The van der Waals surface area contributed by atoms with E-state index in [9.17, 15) is 8.42 Å². The molecule has 0 N–H and O–H groups in total. The average Bonchev–Trinajstić information content (AvgIpc) is 2.27. The van der Waals surface area contributed by atoms with Gasteiger partial charge in [0.15, 0.2) is 0 Å². The van der Waals surface area contributed by atoms with Crippen LogP contribution >= 0.6 is 0 Å². The first-order valence-electron chi connectivity index (χ1n) is 5.20. The summed E-state index contributed by atoms with van der Waals surface area (Å²) >= 11 is 0. The summed E-state index contributed by atoms with van der Waals surface area (Å²) in [5.41, 5.74) is 0.832. The molecule has 0 heterocycles. The van der Waals surface area contributed by atoms with Gasteiger partial charge < -0.3 is 0 Å². The van der Waals surface area contributed by atoms with Crippen LogP contribution in [0.15, 0.2) is 35.7 Å². The second-order valence-electron chi connectivity index (χ2n) is 3.52. The van der Waals surface area contributed by atoms with Gasteiger partial charge in [-0.1, -0.05) is 37.3 Å². The maximum atomic E-state index is 11.5. The van der Waals surface area contributed by atoms with Gasteiger partial charge in [-0.05, 0) is 25.0 Å². The summed E-state index contributed by atoms with van der Waals surface area (Å²) in [6.07, 6.45) is 1.90. The maximum absolute atomic E-state index is 11.5. The molecule has 1 atom stereocenters. The first kappa shape index (κ1) is 12.9. The molecule has 1 rings (SSSR count). The highest BCUT2D eigenvalue weighted by Gasteiger charge is 2.10. The van der Waals surface area contributed by atoms with Crippen molar-refractivity contribution in [3.63, 3.8) is 0 Å². The third kappa shape index (κ3) is 4.59. The minimum Gasteiger partial charge on any atom is -0.264 e. The molecule has 0 aliphatic heterocycles. The van der Waals surface area contributed by atoms with Crippen LogP contribution in [0.5, 0.6) is 0 Å². The van der Waals surface area contributed by atoms with Gasteiger partial charge in [-0.15, -0.1) is 0 Å². The zero-order valence-corrected chi connectivity index (χ0v) is 10.3. The van der Waals surface area contributed by atoms with Crippen LogP contribution in [0.1, 0.15) is 25.8 Å². The first-order valence-corrected chi connectivity index (χ1v) is 6.67. The van der Waals surface area contributed by atoms with Gasteiger partial charge in [-0.25, -0.2) is 0 Å². The Morgan fingerprint density at radius 3 is 2.50 bits per heavy atom. The molecule has 3 nitrogen and oxygen atoms in total. The van der Waals surface area contributed by atoms with E-state index in [1.807, 2.05) is 37.3 Å². The predicted molar refractivity (Wildman–Crippen MR) is 65.2 cm³/mol. The molecular weight excluding hydrogens is 224 g/mol. The van der Waals surface area contributed by atoms with Crippen LogP contribution in [0.25, 0.3) is 6.08 Å². The van der Waals surface area contributed by atoms with Crippen LogP contribution in [0, 0.1) is 0 Å². The fraction of sp³-hybridized carbons (Fsp3) is 0.333. The molecule has 0 fully saturated rings. The van der Waals surface area contributed by atoms with Crippen molar-refractivity contribution in [2.24, 2.45) is 0 Å². The van der Waals surface area contributed by atoms with Gasteiger partial charge in [0.05, 0.1) is 11.5 Å². The molecule has 0 saturated heterocycles. The summed E-state index contributed by atoms with van der Waals surface area (Å²) < 4.78 is 27.8. The molecule has 0 spiro atoms. The quantitative estimate of drug-likeness (QED) is 0.743. The van der Waals surface area contributed by atoms with Crippen molar-refractivity contribution < 1.29 is 12.6 Å². The van der Waals surface area contributed by atoms with Gasteiger partial charge in [-0.3, -0.25) is 4.18 Å². The molecule has 0 aliphatic carbocycles. The van der Waals surface area contributed by atoms with Crippen LogP contribution in [0.2, 0.25) is 0 Å². The van der Waals surface area contributed by atoms with Gasteiger partial charge in [-0.2, -0.15) is 8.42 Å². The van der Waals surface area contributed by atoms with Gasteiger partial charge in [0, 0.05) is 0 Å². The largest absolute Gasteiger partial charge is 0.290 e. The van der Waals surface area contributed by atoms with Crippen molar-refractivity contribution in [1.82, 2.24) is 0 Å². The number of rotatable bonds is 5. The van der Waals surface area contributed by atoms with Gasteiger partial charge in [0.25, 0.3) is 10.1 Å². The molecule has 1 aromatic carbocycles. The van der Waals surface area contributed by atoms with Gasteiger partial charge in [0.1, 0.15) is 0 Å². The van der Waals surface area contributed by atoms with Crippen LogP contribution in [0.3, 0.4) is 0 Å². The van der Waals surface area contributed by atoms with E-state index in [2.05, 4.69) is 0 Å². The summed E-state index contributed by atoms with van der Waals surface area (Å²) in [5, 5.41) is 1.09. The van der Waals surface area contributed by atoms with E-state index in [4.69, 9.17) is 4.18 Å². The molecule has 16 heavy (non-hydrogen) atoms. The number of hydrogen-bond donors (Lipinski definition) is 0. The lowest BCUT2D eigenvalue weighted by Crippen LogP contribution is -2.11. The molecule has 0 saturated carbocycles. The van der Waals surface area contributed by atoms with Crippen molar-refractivity contribution in [3.05, 3.63) is 41.3 Å². The molecule has 0 aliphatic rings. The molecular formula is C12H16O3S. The van der Waals surface area contributed by atoms with Gasteiger partial charge >= 0.3 is 0 Å². The van der Waals surface area contributed by atoms with E-state index < -0.39 is 10.1 Å². The van der Waals surface area contributed by atoms with E-state index >= 15 is 0 Å². The highest BCUT2D eigenvalue weighted by atomic mass is 32.2. The standard InChI is InChI=1S/C12H16O3S/c1-3-11(2)15-16(13,14)10-9-12-7-5-4-6-8-12/h4-11H,3H2,1-2H3. The molecule has 0 aromatic heterocycles. The Bertz CT molecular complexity index is 435. The molecule has 0 bridgehead atoms.